The second-order valence-corrected chi connectivity index (χ2v) is 8.78. The van der Waals surface area contributed by atoms with Gasteiger partial charge >= 0.3 is 6.55 Å². The Morgan fingerprint density at radius 2 is 2.19 bits per heavy atom. The molecule has 27 heavy (non-hydrogen) atoms. The van der Waals surface area contributed by atoms with E-state index >= 15 is 0 Å². The standard InChI is InChI=1S/C13H15F2N7O3S2/c1-13(6-27(24,25)21(2)12(16)19-13)10-18-8(5-26-10)17-9(23)7-3-4-22(20-7)11(14)15/h3-5,11H,6H2,1-2H3,(H2,16,19)(H,17,23)/t13-/m0/s1. The molecule has 0 fully saturated rings. The number of thiazole rings is 1. The number of halogens is 2. The highest BCUT2D eigenvalue weighted by molar-refractivity contribution is 7.89. The number of guanidine groups is 1. The molecule has 1 atom stereocenters. The van der Waals surface area contributed by atoms with Gasteiger partial charge in [-0.05, 0) is 13.0 Å². The number of anilines is 1. The van der Waals surface area contributed by atoms with Crippen LogP contribution in [0.1, 0.15) is 29.0 Å². The zero-order valence-corrected chi connectivity index (χ0v) is 15.8. The van der Waals surface area contributed by atoms with Crippen LogP contribution in [0.3, 0.4) is 0 Å². The summed E-state index contributed by atoms with van der Waals surface area (Å²) in [5.41, 5.74) is 4.27. The Morgan fingerprint density at radius 1 is 1.48 bits per heavy atom. The summed E-state index contributed by atoms with van der Waals surface area (Å²) in [6.07, 6.45) is 0.980. The van der Waals surface area contributed by atoms with Crippen LogP contribution in [-0.2, 0) is 15.6 Å². The summed E-state index contributed by atoms with van der Waals surface area (Å²) in [6, 6.07) is 1.14. The fraction of sp³-hybridized carbons (Fsp3) is 0.385. The van der Waals surface area contributed by atoms with E-state index in [4.69, 9.17) is 5.73 Å². The van der Waals surface area contributed by atoms with Crippen molar-refractivity contribution < 1.29 is 22.0 Å². The molecule has 1 aliphatic rings. The Hall–Kier alpha value is -2.61. The number of alkyl halides is 2. The molecular weight excluding hydrogens is 404 g/mol. The molecule has 1 aliphatic heterocycles. The predicted molar refractivity (Wildman–Crippen MR) is 94.1 cm³/mol. The van der Waals surface area contributed by atoms with E-state index in [9.17, 15) is 22.0 Å². The number of carbonyl (C=O) groups is 1. The Morgan fingerprint density at radius 3 is 2.78 bits per heavy atom. The number of aliphatic imine (C=N–C) groups is 1. The van der Waals surface area contributed by atoms with Gasteiger partial charge in [-0.15, -0.1) is 11.3 Å². The molecule has 0 saturated carbocycles. The first kappa shape index (κ1) is 19.2. The summed E-state index contributed by atoms with van der Waals surface area (Å²) in [5, 5.41) is 7.70. The third-order valence-electron chi connectivity index (χ3n) is 3.81. The van der Waals surface area contributed by atoms with Crippen LogP contribution in [-0.4, -0.2) is 52.2 Å². The Kier molecular flexibility index (Phi) is 4.63. The lowest BCUT2D eigenvalue weighted by Crippen LogP contribution is -2.50. The number of nitrogens with one attached hydrogen (secondary N) is 1. The van der Waals surface area contributed by atoms with Crippen LogP contribution in [0, 0.1) is 0 Å². The van der Waals surface area contributed by atoms with Gasteiger partial charge in [0.25, 0.3) is 5.91 Å². The van der Waals surface area contributed by atoms with Gasteiger partial charge in [0.2, 0.25) is 16.0 Å². The molecule has 2 aromatic rings. The molecule has 3 N–H and O–H groups in total. The number of carbonyl (C=O) groups excluding carboxylic acids is 1. The minimum Gasteiger partial charge on any atom is -0.369 e. The zero-order valence-electron chi connectivity index (χ0n) is 14.1. The first-order valence-corrected chi connectivity index (χ1v) is 9.93. The van der Waals surface area contributed by atoms with Gasteiger partial charge in [-0.3, -0.25) is 4.79 Å². The topological polar surface area (TPSA) is 136 Å². The SMILES string of the molecule is CN1C(N)=N[C@](C)(c2nc(NC(=O)c3ccn(C(F)F)n3)cs2)CS1(=O)=O. The number of aromatic nitrogens is 3. The second kappa shape index (κ2) is 6.53. The molecule has 14 heteroatoms. The van der Waals surface area contributed by atoms with Gasteiger partial charge in [0.15, 0.2) is 5.69 Å². The number of rotatable bonds is 4. The Bertz CT molecular complexity index is 1020. The predicted octanol–water partition coefficient (Wildman–Crippen LogP) is 0.792. The van der Waals surface area contributed by atoms with Crippen LogP contribution in [0.2, 0.25) is 0 Å². The molecule has 10 nitrogen and oxygen atoms in total. The van der Waals surface area contributed by atoms with Crippen molar-refractivity contribution in [1.29, 1.82) is 0 Å². The highest BCUT2D eigenvalue weighted by Gasteiger charge is 2.42. The molecule has 0 aliphatic carbocycles. The largest absolute Gasteiger partial charge is 0.369 e. The van der Waals surface area contributed by atoms with E-state index in [1.807, 2.05) is 0 Å². The fourth-order valence-electron chi connectivity index (χ4n) is 2.39. The molecule has 0 radical (unpaired) electrons. The molecule has 0 unspecified atom stereocenters. The van der Waals surface area contributed by atoms with Crippen molar-refractivity contribution in [3.8, 4) is 0 Å². The summed E-state index contributed by atoms with van der Waals surface area (Å²) in [5.74, 6) is -1.10. The lowest BCUT2D eigenvalue weighted by molar-refractivity contribution is 0.0561. The Balaban J connectivity index is 1.81. The lowest BCUT2D eigenvalue weighted by Gasteiger charge is -2.32. The first-order valence-electron chi connectivity index (χ1n) is 7.44. The maximum atomic E-state index is 12.5. The van der Waals surface area contributed by atoms with Crippen molar-refractivity contribution in [3.05, 3.63) is 28.3 Å². The maximum absolute atomic E-state index is 12.5. The van der Waals surface area contributed by atoms with Crippen LogP contribution in [0.5, 0.6) is 0 Å². The van der Waals surface area contributed by atoms with Gasteiger partial charge in [0, 0.05) is 18.6 Å². The van der Waals surface area contributed by atoms with E-state index in [0.717, 1.165) is 27.9 Å². The van der Waals surface area contributed by atoms with E-state index in [1.165, 1.54) is 12.4 Å². The minimum atomic E-state index is -3.66. The number of nitrogens with two attached hydrogens (primary N) is 1. The summed E-state index contributed by atoms with van der Waals surface area (Å²) in [6.45, 7) is -1.29. The fourth-order valence-corrected chi connectivity index (χ4v) is 4.77. The summed E-state index contributed by atoms with van der Waals surface area (Å²) in [4.78, 5) is 20.5. The summed E-state index contributed by atoms with van der Waals surface area (Å²) < 4.78 is 50.7. The number of hydrogen-bond donors (Lipinski definition) is 2. The van der Waals surface area contributed by atoms with Gasteiger partial charge < -0.3 is 11.1 Å². The highest BCUT2D eigenvalue weighted by Crippen LogP contribution is 2.34. The maximum Gasteiger partial charge on any atom is 0.333 e. The van der Waals surface area contributed by atoms with E-state index in [-0.39, 0.29) is 23.2 Å². The Labute approximate surface area is 156 Å². The summed E-state index contributed by atoms with van der Waals surface area (Å²) >= 11 is 1.09. The van der Waals surface area contributed by atoms with E-state index in [0.29, 0.717) is 9.69 Å². The average Bonchev–Trinajstić information content (AvgIpc) is 3.21. The lowest BCUT2D eigenvalue weighted by atomic mass is 10.1. The zero-order chi connectivity index (χ0) is 20.0. The van der Waals surface area contributed by atoms with Gasteiger partial charge in [0.1, 0.15) is 22.1 Å². The van der Waals surface area contributed by atoms with Crippen molar-refractivity contribution >= 4 is 39.0 Å². The molecule has 3 rings (SSSR count). The number of hydrogen-bond acceptors (Lipinski definition) is 8. The van der Waals surface area contributed by atoms with Crippen LogP contribution in [0.25, 0.3) is 0 Å². The molecule has 0 bridgehead atoms. The third-order valence-corrected chi connectivity index (χ3v) is 6.86. The molecule has 0 aromatic carbocycles. The molecular formula is C13H15F2N7O3S2. The normalized spacial score (nSPS) is 22.0. The van der Waals surface area contributed by atoms with Gasteiger partial charge in [-0.25, -0.2) is 27.4 Å². The van der Waals surface area contributed by atoms with Crippen LogP contribution < -0.4 is 11.1 Å². The minimum absolute atomic E-state index is 0.123. The summed E-state index contributed by atoms with van der Waals surface area (Å²) in [7, 11) is -2.35. The van der Waals surface area contributed by atoms with Crippen molar-refractivity contribution in [1.82, 2.24) is 19.1 Å². The molecule has 3 heterocycles. The first-order chi connectivity index (χ1) is 12.5. The molecule has 0 spiro atoms. The van der Waals surface area contributed by atoms with E-state index in [1.54, 1.807) is 6.92 Å². The molecule has 1 amide bonds. The van der Waals surface area contributed by atoms with Crippen molar-refractivity contribution in [2.75, 3.05) is 18.1 Å². The molecule has 0 saturated heterocycles. The number of sulfonamides is 1. The van der Waals surface area contributed by atoms with Crippen LogP contribution in [0.15, 0.2) is 22.6 Å². The molecule has 146 valence electrons. The smallest absolute Gasteiger partial charge is 0.333 e. The van der Waals surface area contributed by atoms with Crippen molar-refractivity contribution in [2.24, 2.45) is 10.7 Å². The van der Waals surface area contributed by atoms with E-state index < -0.39 is 28.0 Å². The highest BCUT2D eigenvalue weighted by atomic mass is 32.2. The molecule has 2 aromatic heterocycles. The van der Waals surface area contributed by atoms with Gasteiger partial charge in [-0.1, -0.05) is 0 Å². The third kappa shape index (κ3) is 3.62. The quantitative estimate of drug-likeness (QED) is 0.752. The number of nitrogens with zero attached hydrogens (tertiary/aromatic N) is 5. The van der Waals surface area contributed by atoms with Crippen molar-refractivity contribution in [2.45, 2.75) is 19.0 Å². The van der Waals surface area contributed by atoms with Crippen molar-refractivity contribution in [3.63, 3.8) is 0 Å². The van der Waals surface area contributed by atoms with Gasteiger partial charge in [-0.2, -0.15) is 13.9 Å². The monoisotopic (exact) mass is 419 g/mol. The van der Waals surface area contributed by atoms with E-state index in [2.05, 4.69) is 20.4 Å². The van der Waals surface area contributed by atoms with Crippen LogP contribution >= 0.6 is 11.3 Å². The van der Waals surface area contributed by atoms with Gasteiger partial charge in [0.05, 0.1) is 0 Å². The average molecular weight is 419 g/mol. The second-order valence-electron chi connectivity index (χ2n) is 5.92. The van der Waals surface area contributed by atoms with Crippen LogP contribution in [0.4, 0.5) is 14.6 Å². The number of amides is 1.